The molecular weight excluding hydrogens is 284 g/mol. The summed E-state index contributed by atoms with van der Waals surface area (Å²) in [4.78, 5) is 22.5. The minimum absolute atomic E-state index is 0.0448. The van der Waals surface area contributed by atoms with Crippen LogP contribution in [0.25, 0.3) is 0 Å². The largest absolute Gasteiger partial charge is 0.326 e. The van der Waals surface area contributed by atoms with Crippen LogP contribution in [0, 0.1) is 0 Å². The highest BCUT2D eigenvalue weighted by atomic mass is 79.9. The lowest BCUT2D eigenvalue weighted by Crippen LogP contribution is -2.21. The number of aryl methyl sites for hydroxylation is 1. The van der Waals surface area contributed by atoms with Crippen LogP contribution in [-0.4, -0.2) is 16.6 Å². The number of carbonyl (C=O) groups excluding carboxylic acids is 2. The van der Waals surface area contributed by atoms with Crippen LogP contribution in [0.15, 0.2) is 18.2 Å². The molecule has 2 N–H and O–H groups in total. The SMILES string of the molecule is CC(Br)C(=O)Nc1ccc2c(c1)CCC(=O)N2. The van der Waals surface area contributed by atoms with Gasteiger partial charge in [-0.1, -0.05) is 15.9 Å². The van der Waals surface area contributed by atoms with Crippen molar-refractivity contribution in [3.8, 4) is 0 Å². The summed E-state index contributed by atoms with van der Waals surface area (Å²) in [5.41, 5.74) is 2.66. The number of carbonyl (C=O) groups is 2. The maximum absolute atomic E-state index is 11.5. The fourth-order valence-corrected chi connectivity index (χ4v) is 1.82. The monoisotopic (exact) mass is 296 g/mol. The summed E-state index contributed by atoms with van der Waals surface area (Å²) in [5.74, 6) is -0.0341. The number of anilines is 2. The highest BCUT2D eigenvalue weighted by Gasteiger charge is 2.15. The van der Waals surface area contributed by atoms with Gasteiger partial charge in [-0.25, -0.2) is 0 Å². The number of halogens is 1. The first-order valence-electron chi connectivity index (χ1n) is 5.44. The summed E-state index contributed by atoms with van der Waals surface area (Å²) >= 11 is 3.21. The van der Waals surface area contributed by atoms with E-state index in [2.05, 4.69) is 26.6 Å². The van der Waals surface area contributed by atoms with Gasteiger partial charge in [0.15, 0.2) is 0 Å². The number of amides is 2. The number of alkyl halides is 1. The average molecular weight is 297 g/mol. The molecule has 17 heavy (non-hydrogen) atoms. The fourth-order valence-electron chi connectivity index (χ4n) is 1.70. The lowest BCUT2D eigenvalue weighted by atomic mass is 10.0. The molecule has 1 heterocycles. The van der Waals surface area contributed by atoms with E-state index in [1.54, 1.807) is 13.0 Å². The highest BCUT2D eigenvalue weighted by Crippen LogP contribution is 2.25. The van der Waals surface area contributed by atoms with E-state index in [9.17, 15) is 9.59 Å². The van der Waals surface area contributed by atoms with Crippen molar-refractivity contribution in [3.63, 3.8) is 0 Å². The van der Waals surface area contributed by atoms with E-state index in [1.807, 2.05) is 12.1 Å². The number of hydrogen-bond donors (Lipinski definition) is 2. The predicted molar refractivity (Wildman–Crippen MR) is 70.4 cm³/mol. The van der Waals surface area contributed by atoms with Gasteiger partial charge in [0.05, 0.1) is 4.83 Å². The molecule has 2 rings (SSSR count). The van der Waals surface area contributed by atoms with Crippen molar-refractivity contribution in [2.24, 2.45) is 0 Å². The Hall–Kier alpha value is -1.36. The second kappa shape index (κ2) is 4.87. The Kier molecular flexibility index (Phi) is 3.47. The topological polar surface area (TPSA) is 58.2 Å². The third kappa shape index (κ3) is 2.85. The van der Waals surface area contributed by atoms with Crippen molar-refractivity contribution < 1.29 is 9.59 Å². The van der Waals surface area contributed by atoms with Gasteiger partial charge >= 0.3 is 0 Å². The molecule has 1 atom stereocenters. The van der Waals surface area contributed by atoms with Gasteiger partial charge in [0.2, 0.25) is 11.8 Å². The van der Waals surface area contributed by atoms with Gasteiger partial charge in [-0.05, 0) is 37.1 Å². The van der Waals surface area contributed by atoms with Crippen LogP contribution in [0.2, 0.25) is 0 Å². The molecule has 0 saturated carbocycles. The van der Waals surface area contributed by atoms with E-state index in [4.69, 9.17) is 0 Å². The van der Waals surface area contributed by atoms with Crippen molar-refractivity contribution in [2.45, 2.75) is 24.6 Å². The zero-order valence-corrected chi connectivity index (χ0v) is 11.0. The molecule has 2 amide bonds. The van der Waals surface area contributed by atoms with Crippen LogP contribution in [0.3, 0.4) is 0 Å². The number of fused-ring (bicyclic) bond motifs is 1. The normalized spacial score (nSPS) is 15.8. The van der Waals surface area contributed by atoms with Crippen LogP contribution < -0.4 is 10.6 Å². The summed E-state index contributed by atoms with van der Waals surface area (Å²) in [6.45, 7) is 1.77. The fraction of sp³-hybridized carbons (Fsp3) is 0.333. The zero-order chi connectivity index (χ0) is 12.4. The van der Waals surface area contributed by atoms with Gasteiger partial charge in [0.1, 0.15) is 0 Å². The van der Waals surface area contributed by atoms with Crippen LogP contribution in [0.5, 0.6) is 0 Å². The van der Waals surface area contributed by atoms with E-state index in [0.29, 0.717) is 6.42 Å². The van der Waals surface area contributed by atoms with Crippen molar-refractivity contribution in [2.75, 3.05) is 10.6 Å². The molecule has 1 unspecified atom stereocenters. The van der Waals surface area contributed by atoms with E-state index >= 15 is 0 Å². The Morgan fingerprint density at radius 2 is 2.24 bits per heavy atom. The maximum atomic E-state index is 11.5. The molecule has 0 saturated heterocycles. The molecule has 5 heteroatoms. The number of hydrogen-bond acceptors (Lipinski definition) is 2. The molecule has 0 fully saturated rings. The van der Waals surface area contributed by atoms with E-state index in [1.165, 1.54) is 0 Å². The van der Waals surface area contributed by atoms with Gasteiger partial charge in [-0.3, -0.25) is 9.59 Å². The molecule has 0 radical (unpaired) electrons. The van der Waals surface area contributed by atoms with Crippen molar-refractivity contribution in [1.82, 2.24) is 0 Å². The van der Waals surface area contributed by atoms with Crippen LogP contribution >= 0.6 is 15.9 Å². The second-order valence-electron chi connectivity index (χ2n) is 4.03. The van der Waals surface area contributed by atoms with Gasteiger partial charge in [-0.15, -0.1) is 0 Å². The Bertz CT molecular complexity index is 472. The summed E-state index contributed by atoms with van der Waals surface area (Å²) in [6, 6.07) is 5.51. The van der Waals surface area contributed by atoms with Crippen LogP contribution in [0.4, 0.5) is 11.4 Å². The van der Waals surface area contributed by atoms with Gasteiger partial charge in [-0.2, -0.15) is 0 Å². The molecule has 1 aliphatic heterocycles. The first-order valence-corrected chi connectivity index (χ1v) is 6.35. The Balaban J connectivity index is 2.17. The number of rotatable bonds is 2. The van der Waals surface area contributed by atoms with Crippen molar-refractivity contribution in [3.05, 3.63) is 23.8 Å². The quantitative estimate of drug-likeness (QED) is 0.823. The van der Waals surface area contributed by atoms with E-state index in [0.717, 1.165) is 23.4 Å². The molecule has 4 nitrogen and oxygen atoms in total. The van der Waals surface area contributed by atoms with Crippen LogP contribution in [0.1, 0.15) is 18.9 Å². The molecule has 0 bridgehead atoms. The highest BCUT2D eigenvalue weighted by molar-refractivity contribution is 9.10. The zero-order valence-electron chi connectivity index (χ0n) is 9.42. The standard InChI is InChI=1S/C12H13BrN2O2/c1-7(13)12(17)14-9-3-4-10-8(6-9)2-5-11(16)15-10/h3-4,6-7H,2,5H2,1H3,(H,14,17)(H,15,16). The van der Waals surface area contributed by atoms with E-state index in [-0.39, 0.29) is 16.6 Å². The van der Waals surface area contributed by atoms with Crippen molar-refractivity contribution >= 4 is 39.1 Å². The lowest BCUT2D eigenvalue weighted by Gasteiger charge is -2.18. The van der Waals surface area contributed by atoms with E-state index < -0.39 is 0 Å². The first kappa shape index (κ1) is 12.1. The van der Waals surface area contributed by atoms with Crippen LogP contribution in [-0.2, 0) is 16.0 Å². The summed E-state index contributed by atoms with van der Waals surface area (Å²) in [5, 5.41) is 5.61. The second-order valence-corrected chi connectivity index (χ2v) is 5.40. The molecular formula is C12H13BrN2O2. The third-order valence-electron chi connectivity index (χ3n) is 2.63. The molecule has 1 aromatic carbocycles. The molecule has 1 aromatic rings. The summed E-state index contributed by atoms with van der Waals surface area (Å²) in [7, 11) is 0. The van der Waals surface area contributed by atoms with Gasteiger partial charge in [0.25, 0.3) is 0 Å². The average Bonchev–Trinajstić information content (AvgIpc) is 2.29. The molecule has 0 aliphatic carbocycles. The summed E-state index contributed by atoms with van der Waals surface area (Å²) in [6.07, 6.45) is 1.22. The molecule has 0 aromatic heterocycles. The maximum Gasteiger partial charge on any atom is 0.237 e. The molecule has 1 aliphatic rings. The molecule has 0 spiro atoms. The Morgan fingerprint density at radius 3 is 2.94 bits per heavy atom. The first-order chi connectivity index (χ1) is 8.06. The number of nitrogens with one attached hydrogen (secondary N) is 2. The third-order valence-corrected chi connectivity index (χ3v) is 3.05. The smallest absolute Gasteiger partial charge is 0.237 e. The molecule has 90 valence electrons. The Morgan fingerprint density at radius 1 is 1.47 bits per heavy atom. The van der Waals surface area contributed by atoms with Gasteiger partial charge in [0, 0.05) is 17.8 Å². The number of benzene rings is 1. The lowest BCUT2D eigenvalue weighted by molar-refractivity contribution is -0.116. The minimum Gasteiger partial charge on any atom is -0.326 e. The van der Waals surface area contributed by atoms with Gasteiger partial charge < -0.3 is 10.6 Å². The van der Waals surface area contributed by atoms with Crippen molar-refractivity contribution in [1.29, 1.82) is 0 Å². The summed E-state index contributed by atoms with van der Waals surface area (Å²) < 4.78 is 0. The minimum atomic E-state index is -0.224. The predicted octanol–water partition coefficient (Wildman–Crippen LogP) is 2.29. The Labute approximate surface area is 108 Å².